The van der Waals surface area contributed by atoms with Crippen LogP contribution >= 0.6 is 11.6 Å². The normalized spacial score (nSPS) is 12.4. The number of hydrogen-bond donors (Lipinski definition) is 1. The number of benzene rings is 2. The van der Waals surface area contributed by atoms with Gasteiger partial charge in [-0.25, -0.2) is 4.39 Å². The van der Waals surface area contributed by atoms with Crippen LogP contribution in [-0.2, 0) is 12.8 Å². The molecule has 0 aliphatic rings. The van der Waals surface area contributed by atoms with Gasteiger partial charge in [-0.1, -0.05) is 41.9 Å². The predicted octanol–water partition coefficient (Wildman–Crippen LogP) is 3.84. The Morgan fingerprint density at radius 1 is 1.05 bits per heavy atom. The van der Waals surface area contributed by atoms with Crippen LogP contribution in [0.15, 0.2) is 48.5 Å². The molecule has 0 aliphatic heterocycles. The number of halogens is 2. The van der Waals surface area contributed by atoms with E-state index >= 15 is 0 Å². The van der Waals surface area contributed by atoms with Gasteiger partial charge < -0.3 is 5.73 Å². The second-order valence-electron chi connectivity index (χ2n) is 4.73. The molecule has 3 heteroatoms. The fourth-order valence-corrected chi connectivity index (χ4v) is 2.39. The molecule has 2 aromatic rings. The zero-order chi connectivity index (χ0) is 13.7. The van der Waals surface area contributed by atoms with Crippen LogP contribution in [0.25, 0.3) is 0 Å². The Balaban J connectivity index is 2.09. The van der Waals surface area contributed by atoms with Gasteiger partial charge in [0.25, 0.3) is 0 Å². The van der Waals surface area contributed by atoms with E-state index in [-0.39, 0.29) is 11.7 Å². The van der Waals surface area contributed by atoms with Gasteiger partial charge in [0.15, 0.2) is 0 Å². The number of rotatable bonds is 5. The summed E-state index contributed by atoms with van der Waals surface area (Å²) in [5, 5.41) is 0.605. The predicted molar refractivity (Wildman–Crippen MR) is 77.8 cm³/mol. The maximum absolute atomic E-state index is 13.2. The lowest BCUT2D eigenvalue weighted by Gasteiger charge is -2.16. The minimum atomic E-state index is -0.255. The molecule has 100 valence electrons. The van der Waals surface area contributed by atoms with E-state index in [1.807, 2.05) is 18.2 Å². The van der Waals surface area contributed by atoms with Crippen LogP contribution in [0.5, 0.6) is 0 Å². The monoisotopic (exact) mass is 277 g/mol. The molecule has 0 spiro atoms. The third kappa shape index (κ3) is 4.05. The minimum absolute atomic E-state index is 0.255. The summed E-state index contributed by atoms with van der Waals surface area (Å²) in [6, 6.07) is 14.6. The zero-order valence-electron chi connectivity index (χ0n) is 10.7. The van der Waals surface area contributed by atoms with E-state index in [1.54, 1.807) is 6.07 Å². The van der Waals surface area contributed by atoms with Crippen molar-refractivity contribution in [2.75, 3.05) is 6.54 Å². The lowest BCUT2D eigenvalue weighted by molar-refractivity contribution is 0.530. The molecule has 19 heavy (non-hydrogen) atoms. The first kappa shape index (κ1) is 14.0. The molecule has 0 aromatic heterocycles. The van der Waals surface area contributed by atoms with Gasteiger partial charge in [0, 0.05) is 5.02 Å². The van der Waals surface area contributed by atoms with Crippen molar-refractivity contribution >= 4 is 11.6 Å². The number of hydrogen-bond acceptors (Lipinski definition) is 1. The Morgan fingerprint density at radius 3 is 2.47 bits per heavy atom. The van der Waals surface area contributed by atoms with Crippen molar-refractivity contribution in [3.63, 3.8) is 0 Å². The van der Waals surface area contributed by atoms with Gasteiger partial charge >= 0.3 is 0 Å². The fourth-order valence-electron chi connectivity index (χ4n) is 2.20. The smallest absolute Gasteiger partial charge is 0.123 e. The molecule has 1 nitrogen and oxygen atoms in total. The summed E-state index contributed by atoms with van der Waals surface area (Å²) < 4.78 is 13.2. The minimum Gasteiger partial charge on any atom is -0.330 e. The molecule has 0 amide bonds. The van der Waals surface area contributed by atoms with E-state index in [0.29, 0.717) is 18.0 Å². The van der Waals surface area contributed by atoms with Gasteiger partial charge in [0.05, 0.1) is 0 Å². The lowest BCUT2D eigenvalue weighted by Crippen LogP contribution is -2.19. The van der Waals surface area contributed by atoms with E-state index in [2.05, 4.69) is 12.1 Å². The van der Waals surface area contributed by atoms with Crippen molar-refractivity contribution in [1.82, 2.24) is 0 Å². The molecule has 1 unspecified atom stereocenters. The second-order valence-corrected chi connectivity index (χ2v) is 5.14. The van der Waals surface area contributed by atoms with Gasteiger partial charge in [0.1, 0.15) is 5.82 Å². The molecule has 1 atom stereocenters. The highest BCUT2D eigenvalue weighted by atomic mass is 35.5. The number of nitrogens with two attached hydrogens (primary N) is 1. The highest BCUT2D eigenvalue weighted by Gasteiger charge is 2.12. The molecule has 0 heterocycles. The Morgan fingerprint density at radius 2 is 1.79 bits per heavy atom. The molecule has 0 saturated heterocycles. The molecule has 2 rings (SSSR count). The summed E-state index contributed by atoms with van der Waals surface area (Å²) in [5.41, 5.74) is 7.89. The van der Waals surface area contributed by atoms with Crippen LogP contribution < -0.4 is 5.73 Å². The van der Waals surface area contributed by atoms with Crippen LogP contribution in [0.2, 0.25) is 5.02 Å². The third-order valence-corrected chi connectivity index (χ3v) is 3.59. The van der Waals surface area contributed by atoms with Gasteiger partial charge in [-0.3, -0.25) is 0 Å². The molecule has 0 aliphatic carbocycles. The van der Waals surface area contributed by atoms with Crippen LogP contribution in [0.3, 0.4) is 0 Å². The molecule has 0 radical (unpaired) electrons. The summed E-state index contributed by atoms with van der Waals surface area (Å²) in [6.07, 6.45) is 1.58. The highest BCUT2D eigenvalue weighted by molar-refractivity contribution is 6.31. The lowest BCUT2D eigenvalue weighted by atomic mass is 9.92. The molecular formula is C16H17ClFN. The van der Waals surface area contributed by atoms with Gasteiger partial charge in [-0.2, -0.15) is 0 Å². The Labute approximate surface area is 118 Å². The average molecular weight is 278 g/mol. The first-order valence-corrected chi connectivity index (χ1v) is 6.74. The molecule has 0 fully saturated rings. The van der Waals surface area contributed by atoms with E-state index in [1.165, 1.54) is 17.7 Å². The third-order valence-electron chi connectivity index (χ3n) is 3.22. The van der Waals surface area contributed by atoms with Crippen LogP contribution in [0, 0.1) is 11.7 Å². The van der Waals surface area contributed by atoms with Crippen LogP contribution in [0.1, 0.15) is 11.1 Å². The largest absolute Gasteiger partial charge is 0.330 e. The summed E-state index contributed by atoms with van der Waals surface area (Å²) in [4.78, 5) is 0. The molecule has 2 N–H and O–H groups in total. The van der Waals surface area contributed by atoms with Crippen molar-refractivity contribution in [3.05, 3.63) is 70.5 Å². The van der Waals surface area contributed by atoms with Crippen molar-refractivity contribution in [3.8, 4) is 0 Å². The van der Waals surface area contributed by atoms with E-state index < -0.39 is 0 Å². The topological polar surface area (TPSA) is 26.0 Å². The van der Waals surface area contributed by atoms with Gasteiger partial charge in [-0.15, -0.1) is 0 Å². The molecular weight excluding hydrogens is 261 g/mol. The Hall–Kier alpha value is -1.38. The van der Waals surface area contributed by atoms with E-state index in [9.17, 15) is 4.39 Å². The average Bonchev–Trinajstić information content (AvgIpc) is 2.43. The SMILES string of the molecule is NCC(Cc1ccccc1)Cc1cc(F)ccc1Cl. The van der Waals surface area contributed by atoms with Gasteiger partial charge in [0.2, 0.25) is 0 Å². The Kier molecular flexibility index (Phi) is 4.94. The van der Waals surface area contributed by atoms with Crippen LogP contribution in [-0.4, -0.2) is 6.54 Å². The summed E-state index contributed by atoms with van der Waals surface area (Å²) in [5.74, 6) is 0.0107. The van der Waals surface area contributed by atoms with Gasteiger partial charge in [-0.05, 0) is 54.6 Å². The van der Waals surface area contributed by atoms with Crippen LogP contribution in [0.4, 0.5) is 4.39 Å². The zero-order valence-corrected chi connectivity index (χ0v) is 11.4. The first-order chi connectivity index (χ1) is 9.19. The standard InChI is InChI=1S/C16H17ClFN/c17-16-7-6-15(18)10-14(16)9-13(11-19)8-12-4-2-1-3-5-12/h1-7,10,13H,8-9,11,19H2. The van der Waals surface area contributed by atoms with Crippen molar-refractivity contribution < 1.29 is 4.39 Å². The highest BCUT2D eigenvalue weighted by Crippen LogP contribution is 2.22. The summed E-state index contributed by atoms with van der Waals surface area (Å²) >= 11 is 6.09. The summed E-state index contributed by atoms with van der Waals surface area (Å²) in [6.45, 7) is 0.557. The van der Waals surface area contributed by atoms with Crippen molar-refractivity contribution in [2.45, 2.75) is 12.8 Å². The molecule has 0 saturated carbocycles. The van der Waals surface area contributed by atoms with E-state index in [0.717, 1.165) is 12.0 Å². The maximum Gasteiger partial charge on any atom is 0.123 e. The van der Waals surface area contributed by atoms with Crippen molar-refractivity contribution in [1.29, 1.82) is 0 Å². The Bertz CT molecular complexity index is 528. The summed E-state index contributed by atoms with van der Waals surface area (Å²) in [7, 11) is 0. The molecule has 2 aromatic carbocycles. The molecule has 0 bridgehead atoms. The van der Waals surface area contributed by atoms with E-state index in [4.69, 9.17) is 17.3 Å². The maximum atomic E-state index is 13.2. The fraction of sp³-hybridized carbons (Fsp3) is 0.250. The second kappa shape index (κ2) is 6.69. The van der Waals surface area contributed by atoms with Crippen molar-refractivity contribution in [2.24, 2.45) is 11.7 Å². The quantitative estimate of drug-likeness (QED) is 0.883. The first-order valence-electron chi connectivity index (χ1n) is 6.37.